The van der Waals surface area contributed by atoms with E-state index in [0.717, 1.165) is 5.69 Å². The number of rotatable bonds is 12. The number of hydrogen-bond acceptors (Lipinski definition) is 5. The van der Waals surface area contributed by atoms with Crippen LogP contribution in [0.5, 0.6) is 0 Å². The molecule has 0 saturated carbocycles. The number of nitrogens with zero attached hydrogens (tertiary/aromatic N) is 3. The van der Waals surface area contributed by atoms with E-state index in [4.69, 9.17) is 11.6 Å². The SMILES string of the molecule is C=CCN(C(=O)[C@H]1[C@H]2C(=O)N(CCCCO)C(C(=O)N(CC=C)c3ccccc3Cl)C23CC(Br)[C@@H]1S3)c1ccccc1. The van der Waals surface area contributed by atoms with Gasteiger partial charge in [-0.25, -0.2) is 0 Å². The van der Waals surface area contributed by atoms with Gasteiger partial charge in [0.05, 0.1) is 27.3 Å². The van der Waals surface area contributed by atoms with Gasteiger partial charge in [-0.1, -0.05) is 70.0 Å². The maximum absolute atomic E-state index is 14.7. The van der Waals surface area contributed by atoms with E-state index < -0.39 is 22.6 Å². The van der Waals surface area contributed by atoms with Gasteiger partial charge in [-0.05, 0) is 43.5 Å². The molecule has 2 aromatic carbocycles. The highest BCUT2D eigenvalue weighted by Gasteiger charge is 2.76. The second-order valence-electron chi connectivity index (χ2n) is 10.9. The summed E-state index contributed by atoms with van der Waals surface area (Å²) >= 11 is 12.0. The molecular formula is C32H35BrClN3O4S. The predicted molar refractivity (Wildman–Crippen MR) is 173 cm³/mol. The van der Waals surface area contributed by atoms with Crippen LogP contribution < -0.4 is 9.80 Å². The molecule has 1 N–H and O–H groups in total. The average molecular weight is 673 g/mol. The number of fused-ring (bicyclic) bond motifs is 1. The van der Waals surface area contributed by atoms with Crippen molar-refractivity contribution in [2.45, 2.75) is 40.1 Å². The fraction of sp³-hybridized carbons (Fsp3) is 0.406. The number of alkyl halides is 1. The maximum atomic E-state index is 14.7. The van der Waals surface area contributed by atoms with E-state index in [1.165, 1.54) is 0 Å². The van der Waals surface area contributed by atoms with E-state index in [0.29, 0.717) is 43.1 Å². The third-order valence-corrected chi connectivity index (χ3v) is 12.0. The molecule has 3 heterocycles. The fourth-order valence-corrected chi connectivity index (χ4v) is 10.7. The van der Waals surface area contributed by atoms with Gasteiger partial charge >= 0.3 is 0 Å². The summed E-state index contributed by atoms with van der Waals surface area (Å²) in [7, 11) is 0. The largest absolute Gasteiger partial charge is 0.396 e. The number of para-hydroxylation sites is 2. The van der Waals surface area contributed by atoms with E-state index in [2.05, 4.69) is 29.1 Å². The zero-order valence-electron chi connectivity index (χ0n) is 23.3. The Labute approximate surface area is 264 Å². The number of likely N-dealkylation sites (tertiary alicyclic amines) is 1. The van der Waals surface area contributed by atoms with Crippen molar-refractivity contribution in [1.29, 1.82) is 0 Å². The lowest BCUT2D eigenvalue weighted by Gasteiger charge is -2.38. The maximum Gasteiger partial charge on any atom is 0.251 e. The molecule has 3 aliphatic rings. The third kappa shape index (κ3) is 5.23. The Hall–Kier alpha value is -2.59. The smallest absolute Gasteiger partial charge is 0.251 e. The summed E-state index contributed by atoms with van der Waals surface area (Å²) < 4.78 is -0.802. The summed E-state index contributed by atoms with van der Waals surface area (Å²) in [6, 6.07) is 15.8. The standard InChI is InChI=1S/C32H35BrClN3O4S/c1-3-16-35(21-12-6-5-7-13-21)29(39)25-26-30(40)37(18-10-11-19-38)28(32(26)20-22(33)27(25)42-32)31(41)36(17-4-2)24-15-9-8-14-23(24)34/h3-9,12-15,22,25-28,38H,1-2,10-11,16-20H2/t22?,25-,26-,27-,28?,32?/m0/s1. The average Bonchev–Trinajstić information content (AvgIpc) is 3.58. The molecule has 7 nitrogen and oxygen atoms in total. The van der Waals surface area contributed by atoms with Crippen molar-refractivity contribution in [3.8, 4) is 0 Å². The lowest BCUT2D eigenvalue weighted by atomic mass is 9.70. The minimum atomic E-state index is -0.803. The molecule has 3 aliphatic heterocycles. The van der Waals surface area contributed by atoms with E-state index in [1.807, 2.05) is 36.4 Å². The molecule has 3 fully saturated rings. The highest BCUT2D eigenvalue weighted by Crippen LogP contribution is 2.68. The zero-order valence-corrected chi connectivity index (χ0v) is 26.4. The van der Waals surface area contributed by atoms with Crippen LogP contribution in [0.25, 0.3) is 0 Å². The fourth-order valence-electron chi connectivity index (χ4n) is 6.82. The lowest BCUT2D eigenvalue weighted by Crippen LogP contribution is -2.56. The highest BCUT2D eigenvalue weighted by molar-refractivity contribution is 9.09. The molecule has 2 aromatic rings. The van der Waals surface area contributed by atoms with Crippen molar-refractivity contribution in [1.82, 2.24) is 4.90 Å². The third-order valence-electron chi connectivity index (χ3n) is 8.48. The second-order valence-corrected chi connectivity index (χ2v) is 14.0. The number of carbonyl (C=O) groups is 3. The van der Waals surface area contributed by atoms with Gasteiger partial charge in [-0.3, -0.25) is 14.4 Å². The Balaban J connectivity index is 1.58. The van der Waals surface area contributed by atoms with E-state index in [9.17, 15) is 19.5 Å². The Morgan fingerprint density at radius 2 is 1.71 bits per heavy atom. The predicted octanol–water partition coefficient (Wildman–Crippen LogP) is 5.32. The molecule has 1 spiro atoms. The number of unbranched alkanes of at least 4 members (excludes halogenated alkanes) is 1. The summed E-state index contributed by atoms with van der Waals surface area (Å²) in [5, 5.41) is 9.73. The molecule has 42 heavy (non-hydrogen) atoms. The Bertz CT molecular complexity index is 1360. The van der Waals surface area contributed by atoms with Crippen LogP contribution in [0.4, 0.5) is 11.4 Å². The normalized spacial score (nSPS) is 27.5. The number of aliphatic hydroxyl groups is 1. The molecule has 0 radical (unpaired) electrons. The molecule has 0 aromatic heterocycles. The highest BCUT2D eigenvalue weighted by atomic mass is 79.9. The number of benzene rings is 2. The topological polar surface area (TPSA) is 81.2 Å². The molecule has 3 amide bonds. The Morgan fingerprint density at radius 1 is 1.05 bits per heavy atom. The minimum absolute atomic E-state index is 0.00751. The first-order valence-electron chi connectivity index (χ1n) is 14.2. The van der Waals surface area contributed by atoms with Crippen LogP contribution in [-0.2, 0) is 14.4 Å². The summed E-state index contributed by atoms with van der Waals surface area (Å²) in [6.07, 6.45) is 4.96. The summed E-state index contributed by atoms with van der Waals surface area (Å²) in [5.41, 5.74) is 1.29. The number of carbonyl (C=O) groups excluding carboxylic acids is 3. The van der Waals surface area contributed by atoms with Gasteiger partial charge in [-0.2, -0.15) is 0 Å². The Morgan fingerprint density at radius 3 is 2.38 bits per heavy atom. The zero-order chi connectivity index (χ0) is 30.0. The first-order valence-corrected chi connectivity index (χ1v) is 16.4. The summed E-state index contributed by atoms with van der Waals surface area (Å²) in [6.45, 7) is 8.56. The quantitative estimate of drug-likeness (QED) is 0.188. The van der Waals surface area contributed by atoms with Gasteiger partial charge in [0, 0.05) is 42.0 Å². The van der Waals surface area contributed by atoms with Crippen LogP contribution in [-0.4, -0.2) is 74.8 Å². The van der Waals surface area contributed by atoms with E-state index in [-0.39, 0.29) is 41.0 Å². The molecule has 6 atom stereocenters. The van der Waals surface area contributed by atoms with Gasteiger partial charge in [0.1, 0.15) is 6.04 Å². The monoisotopic (exact) mass is 671 g/mol. The van der Waals surface area contributed by atoms with Crippen LogP contribution in [0.1, 0.15) is 19.3 Å². The number of hydrogen-bond donors (Lipinski definition) is 1. The molecule has 10 heteroatoms. The van der Waals surface area contributed by atoms with E-state index in [1.54, 1.807) is 56.8 Å². The van der Waals surface area contributed by atoms with Gasteiger partial charge in [-0.15, -0.1) is 24.9 Å². The van der Waals surface area contributed by atoms with Crippen LogP contribution >= 0.6 is 39.3 Å². The Kier molecular flexibility index (Phi) is 9.52. The lowest BCUT2D eigenvalue weighted by molar-refractivity contribution is -0.139. The molecule has 3 unspecified atom stereocenters. The first-order chi connectivity index (χ1) is 20.3. The second kappa shape index (κ2) is 13.0. The van der Waals surface area contributed by atoms with Crippen LogP contribution in [0, 0.1) is 11.8 Å². The molecule has 0 aliphatic carbocycles. The van der Waals surface area contributed by atoms with Crippen molar-refractivity contribution in [3.05, 3.63) is 84.9 Å². The van der Waals surface area contributed by atoms with Gasteiger partial charge < -0.3 is 19.8 Å². The minimum Gasteiger partial charge on any atom is -0.396 e. The first kappa shape index (κ1) is 30.9. The van der Waals surface area contributed by atoms with Gasteiger partial charge in [0.25, 0.3) is 5.91 Å². The number of halogens is 2. The summed E-state index contributed by atoms with van der Waals surface area (Å²) in [4.78, 5) is 48.4. The van der Waals surface area contributed by atoms with Crippen molar-refractivity contribution < 1.29 is 19.5 Å². The van der Waals surface area contributed by atoms with Crippen molar-refractivity contribution >= 4 is 68.4 Å². The number of thioether (sulfide) groups is 1. The molecule has 2 bridgehead atoms. The number of aliphatic hydroxyl groups excluding tert-OH is 1. The van der Waals surface area contributed by atoms with Crippen molar-refractivity contribution in [2.24, 2.45) is 11.8 Å². The van der Waals surface area contributed by atoms with Crippen LogP contribution in [0.2, 0.25) is 5.02 Å². The van der Waals surface area contributed by atoms with Crippen LogP contribution in [0.15, 0.2) is 79.9 Å². The molecular weight excluding hydrogens is 638 g/mol. The number of amides is 3. The van der Waals surface area contributed by atoms with E-state index >= 15 is 0 Å². The molecule has 3 saturated heterocycles. The van der Waals surface area contributed by atoms with Crippen LogP contribution in [0.3, 0.4) is 0 Å². The summed E-state index contributed by atoms with van der Waals surface area (Å²) in [5.74, 6) is -1.84. The van der Waals surface area contributed by atoms with Gasteiger partial charge in [0.15, 0.2) is 0 Å². The van der Waals surface area contributed by atoms with Crippen molar-refractivity contribution in [3.63, 3.8) is 0 Å². The van der Waals surface area contributed by atoms with Crippen molar-refractivity contribution in [2.75, 3.05) is 36.0 Å². The number of anilines is 2. The molecule has 5 rings (SSSR count). The molecule has 222 valence electrons. The van der Waals surface area contributed by atoms with Gasteiger partial charge in [0.2, 0.25) is 11.8 Å².